The van der Waals surface area contributed by atoms with Gasteiger partial charge in [0.15, 0.2) is 0 Å². The van der Waals surface area contributed by atoms with Gasteiger partial charge in [-0.05, 0) is 11.0 Å². The highest BCUT2D eigenvalue weighted by atomic mass is 19.3. The third kappa shape index (κ3) is 1.65. The molecule has 0 amide bonds. The Kier molecular flexibility index (Phi) is 2.08. The Morgan fingerprint density at radius 2 is 1.71 bits per heavy atom. The van der Waals surface area contributed by atoms with Gasteiger partial charge < -0.3 is 10.0 Å². The van der Waals surface area contributed by atoms with Crippen LogP contribution in [0, 0.1) is 0 Å². The van der Waals surface area contributed by atoms with Crippen LogP contribution in [0.4, 0.5) is 8.78 Å². The van der Waals surface area contributed by atoms with E-state index >= 15 is 0 Å². The number of alkyl halides is 2. The molecule has 0 aromatic heterocycles. The minimum absolute atomic E-state index is 0.103. The van der Waals surface area contributed by atoms with Crippen molar-refractivity contribution in [1.82, 2.24) is 0 Å². The highest BCUT2D eigenvalue weighted by Gasteiger charge is 2.57. The molecule has 1 aromatic carbocycles. The smallest absolute Gasteiger partial charge is 0.423 e. The molecule has 0 spiro atoms. The number of hydrogen-bond acceptors (Lipinski definition) is 2. The van der Waals surface area contributed by atoms with Crippen molar-refractivity contribution in [2.24, 2.45) is 0 Å². The third-order valence-electron chi connectivity index (χ3n) is 2.46. The van der Waals surface area contributed by atoms with E-state index < -0.39 is 19.0 Å². The molecule has 5 heteroatoms. The van der Waals surface area contributed by atoms with Gasteiger partial charge >= 0.3 is 7.12 Å². The second kappa shape index (κ2) is 3.03. The van der Waals surface area contributed by atoms with Gasteiger partial charge in [-0.2, -0.15) is 0 Å². The first-order chi connectivity index (χ1) is 6.50. The highest BCUT2D eigenvalue weighted by molar-refractivity contribution is 6.58. The number of halogens is 2. The lowest BCUT2D eigenvalue weighted by Gasteiger charge is -2.02. The fourth-order valence-corrected chi connectivity index (χ4v) is 1.48. The van der Waals surface area contributed by atoms with Crippen LogP contribution in [0.1, 0.15) is 17.9 Å². The van der Waals surface area contributed by atoms with Crippen molar-refractivity contribution < 1.29 is 18.8 Å². The summed E-state index contributed by atoms with van der Waals surface area (Å²) in [7, 11) is -1.54. The van der Waals surface area contributed by atoms with Crippen LogP contribution in [0.5, 0.6) is 0 Å². The van der Waals surface area contributed by atoms with Crippen LogP contribution in [0.3, 0.4) is 0 Å². The fourth-order valence-electron chi connectivity index (χ4n) is 1.48. The first-order valence-corrected chi connectivity index (χ1v) is 4.34. The molecule has 0 saturated heterocycles. The number of hydrogen-bond donors (Lipinski definition) is 2. The average molecular weight is 198 g/mol. The van der Waals surface area contributed by atoms with Crippen molar-refractivity contribution in [1.29, 1.82) is 0 Å². The molecular weight excluding hydrogens is 189 g/mol. The van der Waals surface area contributed by atoms with E-state index in [1.165, 1.54) is 24.3 Å². The molecule has 0 aliphatic heterocycles. The monoisotopic (exact) mass is 198 g/mol. The topological polar surface area (TPSA) is 40.5 Å². The predicted octanol–water partition coefficient (Wildman–Crippen LogP) is 0.489. The van der Waals surface area contributed by atoms with E-state index in [0.717, 1.165) is 0 Å². The summed E-state index contributed by atoms with van der Waals surface area (Å²) < 4.78 is 25.3. The summed E-state index contributed by atoms with van der Waals surface area (Å²) in [6.07, 6.45) is -0.103. The van der Waals surface area contributed by atoms with Gasteiger partial charge in [-0.15, -0.1) is 0 Å². The minimum atomic E-state index is -2.57. The minimum Gasteiger partial charge on any atom is -0.423 e. The Morgan fingerprint density at radius 1 is 1.21 bits per heavy atom. The largest absolute Gasteiger partial charge is 0.488 e. The van der Waals surface area contributed by atoms with Crippen molar-refractivity contribution in [3.63, 3.8) is 0 Å². The van der Waals surface area contributed by atoms with Crippen molar-refractivity contribution in [2.75, 3.05) is 0 Å². The molecule has 2 nitrogen and oxygen atoms in total. The molecule has 1 aromatic rings. The van der Waals surface area contributed by atoms with Crippen LogP contribution in [-0.4, -0.2) is 23.1 Å². The van der Waals surface area contributed by atoms with Gasteiger partial charge in [-0.1, -0.05) is 24.3 Å². The first-order valence-electron chi connectivity index (χ1n) is 4.34. The normalized spacial score (nSPS) is 23.3. The molecule has 14 heavy (non-hydrogen) atoms. The summed E-state index contributed by atoms with van der Waals surface area (Å²) in [6, 6.07) is 5.93. The SMILES string of the molecule is OB(O)c1ccc(C2CC2(F)F)cc1. The van der Waals surface area contributed by atoms with Gasteiger partial charge in [0.1, 0.15) is 0 Å². The predicted molar refractivity (Wildman–Crippen MR) is 48.6 cm³/mol. The van der Waals surface area contributed by atoms with E-state index in [4.69, 9.17) is 10.0 Å². The maximum Gasteiger partial charge on any atom is 0.488 e. The molecule has 2 rings (SSSR count). The van der Waals surface area contributed by atoms with Gasteiger partial charge in [0, 0.05) is 6.42 Å². The van der Waals surface area contributed by atoms with E-state index in [1.807, 2.05) is 0 Å². The van der Waals surface area contributed by atoms with Crippen LogP contribution in [-0.2, 0) is 0 Å². The van der Waals surface area contributed by atoms with Gasteiger partial charge in [-0.25, -0.2) is 8.78 Å². The lowest BCUT2D eigenvalue weighted by Crippen LogP contribution is -2.29. The van der Waals surface area contributed by atoms with Crippen LogP contribution in [0.2, 0.25) is 0 Å². The molecule has 74 valence electrons. The summed E-state index contributed by atoms with van der Waals surface area (Å²) in [6.45, 7) is 0. The van der Waals surface area contributed by atoms with Gasteiger partial charge in [0.05, 0.1) is 5.92 Å². The van der Waals surface area contributed by atoms with Crippen LogP contribution in [0.15, 0.2) is 24.3 Å². The van der Waals surface area contributed by atoms with E-state index in [9.17, 15) is 8.78 Å². The third-order valence-corrected chi connectivity index (χ3v) is 2.46. The van der Waals surface area contributed by atoms with E-state index in [2.05, 4.69) is 0 Å². The molecule has 1 aliphatic carbocycles. The molecule has 1 saturated carbocycles. The maximum atomic E-state index is 12.6. The summed E-state index contributed by atoms with van der Waals surface area (Å²) in [5, 5.41) is 17.6. The van der Waals surface area contributed by atoms with Crippen LogP contribution in [0.25, 0.3) is 0 Å². The van der Waals surface area contributed by atoms with Crippen molar-refractivity contribution in [3.8, 4) is 0 Å². The molecular formula is C9H9BF2O2. The molecule has 1 atom stereocenters. The molecule has 1 fully saturated rings. The number of rotatable bonds is 2. The van der Waals surface area contributed by atoms with Crippen molar-refractivity contribution in [2.45, 2.75) is 18.3 Å². The highest BCUT2D eigenvalue weighted by Crippen LogP contribution is 2.55. The fraction of sp³-hybridized carbons (Fsp3) is 0.333. The summed E-state index contributed by atoms with van der Waals surface area (Å²) in [4.78, 5) is 0. The van der Waals surface area contributed by atoms with Crippen LogP contribution < -0.4 is 5.46 Å². The van der Waals surface area contributed by atoms with Gasteiger partial charge in [0.2, 0.25) is 0 Å². The Morgan fingerprint density at radius 3 is 2.07 bits per heavy atom. The average Bonchev–Trinajstić information content (AvgIpc) is 2.75. The molecule has 1 aliphatic rings. The Labute approximate surface area is 80.3 Å². The summed E-state index contributed by atoms with van der Waals surface area (Å²) >= 11 is 0. The van der Waals surface area contributed by atoms with E-state index in [-0.39, 0.29) is 6.42 Å². The van der Waals surface area contributed by atoms with E-state index in [0.29, 0.717) is 11.0 Å². The van der Waals surface area contributed by atoms with Crippen LogP contribution >= 0.6 is 0 Å². The van der Waals surface area contributed by atoms with Crippen molar-refractivity contribution in [3.05, 3.63) is 29.8 Å². The lowest BCUT2D eigenvalue weighted by atomic mass is 9.80. The lowest BCUT2D eigenvalue weighted by molar-refractivity contribution is 0.112. The Hall–Kier alpha value is -0.935. The molecule has 0 bridgehead atoms. The number of benzene rings is 1. The Balaban J connectivity index is 2.16. The maximum absolute atomic E-state index is 12.6. The van der Waals surface area contributed by atoms with Gasteiger partial charge in [-0.3, -0.25) is 0 Å². The summed E-state index contributed by atoms with van der Waals surface area (Å²) in [5.74, 6) is -3.26. The first kappa shape index (κ1) is 9.61. The molecule has 0 radical (unpaired) electrons. The molecule has 0 heterocycles. The standard InChI is InChI=1S/C9H9BF2O2/c11-9(12)5-8(9)6-1-3-7(4-2-6)10(13)14/h1-4,8,13-14H,5H2. The quantitative estimate of drug-likeness (QED) is 0.678. The van der Waals surface area contributed by atoms with Gasteiger partial charge in [0.25, 0.3) is 5.92 Å². The second-order valence-corrected chi connectivity index (χ2v) is 3.56. The zero-order valence-corrected chi connectivity index (χ0v) is 7.32. The molecule has 2 N–H and O–H groups in total. The van der Waals surface area contributed by atoms with Crippen molar-refractivity contribution >= 4 is 12.6 Å². The second-order valence-electron chi connectivity index (χ2n) is 3.56. The summed E-state index contributed by atoms with van der Waals surface area (Å²) in [5.41, 5.74) is 0.872. The zero-order chi connectivity index (χ0) is 10.3. The molecule has 1 unspecified atom stereocenters. The zero-order valence-electron chi connectivity index (χ0n) is 7.32. The Bertz CT molecular complexity index is 337. The van der Waals surface area contributed by atoms with E-state index in [1.54, 1.807) is 0 Å².